The molecule has 0 unspecified atom stereocenters. The van der Waals surface area contributed by atoms with Gasteiger partial charge < -0.3 is 48.9 Å². The van der Waals surface area contributed by atoms with E-state index in [4.69, 9.17) is 5.11 Å². The van der Waals surface area contributed by atoms with Gasteiger partial charge >= 0.3 is 5.97 Å². The van der Waals surface area contributed by atoms with E-state index in [0.717, 1.165) is 0 Å². The number of aromatic carboxylic acids is 1. The van der Waals surface area contributed by atoms with Crippen LogP contribution in [0.25, 0.3) is 11.4 Å². The number of carbonyl (C=O) groups is 1. The van der Waals surface area contributed by atoms with E-state index in [9.17, 15) is 4.79 Å². The Hall–Kier alpha value is -2.55. The van der Waals surface area contributed by atoms with E-state index in [1.807, 2.05) is 0 Å². The number of hydrogen-bond acceptors (Lipinski definition) is 3. The van der Waals surface area contributed by atoms with Gasteiger partial charge in [0.25, 0.3) is 0 Å². The molecule has 0 aliphatic rings. The van der Waals surface area contributed by atoms with Crippen molar-refractivity contribution in [3.8, 4) is 11.4 Å². The molecule has 0 saturated heterocycles. The van der Waals surface area contributed by atoms with Crippen molar-refractivity contribution >= 4 is 5.97 Å². The standard InChI is InChI=1S/C11H8N2O2.8H2O/c14-11(15)8-4-3-7-13-10(8)9-5-1-2-6-12-9;;;;;;;;/h1-7H,(H,14,15);8*1H2. The van der Waals surface area contributed by atoms with E-state index >= 15 is 0 Å². The van der Waals surface area contributed by atoms with Gasteiger partial charge in [0.05, 0.1) is 11.3 Å². The van der Waals surface area contributed by atoms with Gasteiger partial charge in [-0.15, -0.1) is 0 Å². The quantitative estimate of drug-likeness (QED) is 0.560. The Labute approximate surface area is 130 Å². The van der Waals surface area contributed by atoms with Crippen LogP contribution in [-0.4, -0.2) is 64.9 Å². The molecule has 0 bridgehead atoms. The molecule has 0 atom stereocenters. The van der Waals surface area contributed by atoms with Crippen LogP contribution in [0.1, 0.15) is 10.4 Å². The summed E-state index contributed by atoms with van der Waals surface area (Å²) >= 11 is 0. The summed E-state index contributed by atoms with van der Waals surface area (Å²) in [7, 11) is 0. The second kappa shape index (κ2) is 19.4. The minimum Gasteiger partial charge on any atom is -0.478 e. The largest absolute Gasteiger partial charge is 0.478 e. The zero-order valence-electron chi connectivity index (χ0n) is 11.8. The Morgan fingerprint density at radius 1 is 0.739 bits per heavy atom. The maximum absolute atomic E-state index is 10.9. The van der Waals surface area contributed by atoms with Crippen molar-refractivity contribution < 1.29 is 53.7 Å². The molecule has 0 radical (unpaired) electrons. The highest BCUT2D eigenvalue weighted by Gasteiger charge is 2.12. The third-order valence-corrected chi connectivity index (χ3v) is 1.95. The fraction of sp³-hybridized carbons (Fsp3) is 0. The molecule has 0 aromatic carbocycles. The lowest BCUT2D eigenvalue weighted by atomic mass is 10.1. The van der Waals surface area contributed by atoms with Crippen molar-refractivity contribution in [2.75, 3.05) is 0 Å². The monoisotopic (exact) mass is 344 g/mol. The number of carboxylic acids is 1. The van der Waals surface area contributed by atoms with Gasteiger partial charge in [-0.05, 0) is 24.3 Å². The smallest absolute Gasteiger partial charge is 0.337 e. The van der Waals surface area contributed by atoms with Crippen molar-refractivity contribution in [2.45, 2.75) is 0 Å². The van der Waals surface area contributed by atoms with Gasteiger partial charge in [-0.25, -0.2) is 4.79 Å². The van der Waals surface area contributed by atoms with Crippen molar-refractivity contribution in [2.24, 2.45) is 0 Å². The summed E-state index contributed by atoms with van der Waals surface area (Å²) in [6, 6.07) is 8.40. The first-order valence-electron chi connectivity index (χ1n) is 4.39. The lowest BCUT2D eigenvalue weighted by molar-refractivity contribution is 0.0697. The molecular weight excluding hydrogens is 320 g/mol. The molecule has 2 heterocycles. The molecule has 2 aromatic heterocycles. The predicted molar refractivity (Wildman–Crippen MR) is 83.3 cm³/mol. The summed E-state index contributed by atoms with van der Waals surface area (Å²) in [6.45, 7) is 0. The average Bonchev–Trinajstić information content (AvgIpc) is 2.30. The van der Waals surface area contributed by atoms with Crippen LogP contribution in [0.3, 0.4) is 0 Å². The number of hydrogen-bond donors (Lipinski definition) is 1. The number of nitrogens with zero attached hydrogens (tertiary/aromatic N) is 2. The van der Waals surface area contributed by atoms with E-state index in [-0.39, 0.29) is 49.4 Å². The molecule has 12 nitrogen and oxygen atoms in total. The molecule has 2 rings (SSSR count). The molecule has 0 spiro atoms. The lowest BCUT2D eigenvalue weighted by Crippen LogP contribution is -2.01. The number of pyridine rings is 2. The van der Waals surface area contributed by atoms with Crippen molar-refractivity contribution in [1.82, 2.24) is 9.97 Å². The highest BCUT2D eigenvalue weighted by Crippen LogP contribution is 2.17. The Balaban J connectivity index is -0.0000000640. The van der Waals surface area contributed by atoms with Crippen LogP contribution in [0, 0.1) is 0 Å². The fourth-order valence-corrected chi connectivity index (χ4v) is 1.28. The highest BCUT2D eigenvalue weighted by atomic mass is 16.4. The number of rotatable bonds is 2. The molecule has 12 heteroatoms. The maximum Gasteiger partial charge on any atom is 0.337 e. The van der Waals surface area contributed by atoms with Crippen LogP contribution in [0.5, 0.6) is 0 Å². The molecule has 0 aliphatic carbocycles. The summed E-state index contributed by atoms with van der Waals surface area (Å²) in [5, 5.41) is 8.96. The molecule has 23 heavy (non-hydrogen) atoms. The second-order valence-corrected chi connectivity index (χ2v) is 2.92. The summed E-state index contributed by atoms with van der Waals surface area (Å²) in [6.07, 6.45) is 3.16. The van der Waals surface area contributed by atoms with Crippen LogP contribution in [-0.2, 0) is 0 Å². The number of carboxylic acid groups (broad SMARTS) is 1. The van der Waals surface area contributed by atoms with Crippen LogP contribution >= 0.6 is 0 Å². The molecule has 0 amide bonds. The van der Waals surface area contributed by atoms with Crippen LogP contribution in [0.15, 0.2) is 42.7 Å². The third-order valence-electron chi connectivity index (χ3n) is 1.95. The minimum atomic E-state index is -0.997. The Morgan fingerprint density at radius 3 is 1.70 bits per heavy atom. The first-order chi connectivity index (χ1) is 7.29. The topological polar surface area (TPSA) is 315 Å². The van der Waals surface area contributed by atoms with Gasteiger partial charge in [0, 0.05) is 12.4 Å². The van der Waals surface area contributed by atoms with Crippen LogP contribution in [0.4, 0.5) is 0 Å². The SMILES string of the molecule is O.O.O.O.O.O.O.O.O=C(O)c1cccnc1-c1ccccn1. The average molecular weight is 344 g/mol. The first-order valence-corrected chi connectivity index (χ1v) is 4.39. The Kier molecular flexibility index (Phi) is 36.2. The van der Waals surface area contributed by atoms with Crippen LogP contribution in [0.2, 0.25) is 0 Å². The zero-order valence-corrected chi connectivity index (χ0v) is 11.8. The van der Waals surface area contributed by atoms with E-state index < -0.39 is 5.97 Å². The van der Waals surface area contributed by atoms with Gasteiger partial charge in [0.1, 0.15) is 5.69 Å². The highest BCUT2D eigenvalue weighted by molar-refractivity contribution is 5.94. The molecule has 138 valence electrons. The molecule has 0 fully saturated rings. The summed E-state index contributed by atoms with van der Waals surface area (Å²) < 4.78 is 0. The van der Waals surface area contributed by atoms with E-state index in [2.05, 4.69) is 9.97 Å². The molecule has 0 aliphatic heterocycles. The van der Waals surface area contributed by atoms with Crippen molar-refractivity contribution in [3.05, 3.63) is 48.3 Å². The van der Waals surface area contributed by atoms with Crippen molar-refractivity contribution in [1.29, 1.82) is 0 Å². The molecule has 0 saturated carbocycles. The molecular formula is C11H24N2O10. The lowest BCUT2D eigenvalue weighted by Gasteiger charge is -2.02. The van der Waals surface area contributed by atoms with Gasteiger partial charge in [-0.3, -0.25) is 9.97 Å². The Bertz CT molecular complexity index is 497. The second-order valence-electron chi connectivity index (χ2n) is 2.92. The summed E-state index contributed by atoms with van der Waals surface area (Å²) in [4.78, 5) is 19.0. The number of aromatic nitrogens is 2. The normalized spacial score (nSPS) is 6.43. The third kappa shape index (κ3) is 9.91. The fourth-order valence-electron chi connectivity index (χ4n) is 1.28. The minimum absolute atomic E-state index is 0. The zero-order chi connectivity index (χ0) is 10.7. The van der Waals surface area contributed by atoms with E-state index in [1.54, 1.807) is 36.7 Å². The summed E-state index contributed by atoms with van der Waals surface area (Å²) in [5.41, 5.74) is 1.12. The van der Waals surface area contributed by atoms with Crippen molar-refractivity contribution in [3.63, 3.8) is 0 Å². The molecule has 17 N–H and O–H groups in total. The summed E-state index contributed by atoms with van der Waals surface area (Å²) in [5.74, 6) is -0.997. The predicted octanol–water partition coefficient (Wildman–Crippen LogP) is -4.76. The van der Waals surface area contributed by atoms with Gasteiger partial charge in [-0.1, -0.05) is 6.07 Å². The van der Waals surface area contributed by atoms with Gasteiger partial charge in [0.15, 0.2) is 0 Å². The van der Waals surface area contributed by atoms with Gasteiger partial charge in [0.2, 0.25) is 0 Å². The van der Waals surface area contributed by atoms with E-state index in [1.165, 1.54) is 6.07 Å². The molecule has 2 aromatic rings. The maximum atomic E-state index is 10.9. The van der Waals surface area contributed by atoms with Crippen LogP contribution < -0.4 is 0 Å². The van der Waals surface area contributed by atoms with Gasteiger partial charge in [-0.2, -0.15) is 0 Å². The Morgan fingerprint density at radius 2 is 1.26 bits per heavy atom. The van der Waals surface area contributed by atoms with E-state index in [0.29, 0.717) is 11.4 Å². The first kappa shape index (κ1) is 42.8.